The minimum atomic E-state index is 0.158. The molecule has 0 saturated carbocycles. The van der Waals surface area contributed by atoms with E-state index in [0.717, 1.165) is 31.3 Å². The highest BCUT2D eigenvalue weighted by atomic mass is 19.1. The highest BCUT2D eigenvalue weighted by Crippen LogP contribution is 2.32. The molecule has 0 N–H and O–H groups in total. The van der Waals surface area contributed by atoms with Crippen LogP contribution in [-0.2, 0) is 6.42 Å². The number of hydrogen-bond acceptors (Lipinski definition) is 0. The second kappa shape index (κ2) is 6.01. The normalized spacial score (nSPS) is 19.3. The molecule has 1 aliphatic rings. The SMILES string of the molecule is Cc1ccc2cc(CCC3=C(F)CC(C)CC3)ccc2c1. The number of hydrogen-bond donors (Lipinski definition) is 0. The van der Waals surface area contributed by atoms with Gasteiger partial charge in [-0.1, -0.05) is 48.9 Å². The van der Waals surface area contributed by atoms with Gasteiger partial charge in [0.1, 0.15) is 0 Å². The zero-order chi connectivity index (χ0) is 14.8. The molecule has 1 heteroatoms. The fraction of sp³-hybridized carbons (Fsp3) is 0.400. The number of benzene rings is 2. The van der Waals surface area contributed by atoms with E-state index in [4.69, 9.17) is 0 Å². The Morgan fingerprint density at radius 2 is 1.81 bits per heavy atom. The Kier molecular flexibility index (Phi) is 4.10. The van der Waals surface area contributed by atoms with Crippen molar-refractivity contribution in [2.45, 2.75) is 46.0 Å². The molecule has 0 spiro atoms. The monoisotopic (exact) mass is 282 g/mol. The zero-order valence-electron chi connectivity index (χ0n) is 13.0. The van der Waals surface area contributed by atoms with Crippen LogP contribution in [0.15, 0.2) is 47.8 Å². The van der Waals surface area contributed by atoms with E-state index in [0.29, 0.717) is 12.3 Å². The Hall–Kier alpha value is -1.63. The maximum Gasteiger partial charge on any atom is 0.0994 e. The summed E-state index contributed by atoms with van der Waals surface area (Å²) in [5.41, 5.74) is 3.65. The molecule has 2 aromatic carbocycles. The van der Waals surface area contributed by atoms with Crippen LogP contribution in [0.1, 0.15) is 43.7 Å². The number of halogens is 1. The molecular formula is C20H23F. The average Bonchev–Trinajstić information content (AvgIpc) is 2.46. The lowest BCUT2D eigenvalue weighted by Crippen LogP contribution is -2.06. The third kappa shape index (κ3) is 3.34. The van der Waals surface area contributed by atoms with Crippen molar-refractivity contribution in [3.8, 4) is 0 Å². The van der Waals surface area contributed by atoms with Gasteiger partial charge >= 0.3 is 0 Å². The summed E-state index contributed by atoms with van der Waals surface area (Å²) in [5.74, 6) is 0.669. The van der Waals surface area contributed by atoms with Crippen LogP contribution in [0, 0.1) is 12.8 Å². The Morgan fingerprint density at radius 3 is 2.62 bits per heavy atom. The van der Waals surface area contributed by atoms with Crippen LogP contribution in [0.4, 0.5) is 4.39 Å². The molecule has 3 rings (SSSR count). The van der Waals surface area contributed by atoms with E-state index < -0.39 is 0 Å². The number of fused-ring (bicyclic) bond motifs is 1. The molecule has 0 bridgehead atoms. The first-order chi connectivity index (χ1) is 10.1. The smallest absolute Gasteiger partial charge is 0.0994 e. The van der Waals surface area contributed by atoms with Crippen LogP contribution >= 0.6 is 0 Å². The van der Waals surface area contributed by atoms with Crippen molar-refractivity contribution < 1.29 is 4.39 Å². The minimum absolute atomic E-state index is 0.158. The zero-order valence-corrected chi connectivity index (χ0v) is 13.0. The van der Waals surface area contributed by atoms with Gasteiger partial charge in [0.05, 0.1) is 5.83 Å². The first kappa shape index (κ1) is 14.3. The van der Waals surface area contributed by atoms with Crippen molar-refractivity contribution in [1.29, 1.82) is 0 Å². The van der Waals surface area contributed by atoms with E-state index in [9.17, 15) is 4.39 Å². The Bertz CT molecular complexity index is 681. The van der Waals surface area contributed by atoms with Gasteiger partial charge < -0.3 is 0 Å². The van der Waals surface area contributed by atoms with Gasteiger partial charge in [0, 0.05) is 6.42 Å². The quantitative estimate of drug-likeness (QED) is 0.635. The molecule has 0 nitrogen and oxygen atoms in total. The Balaban J connectivity index is 1.73. The number of aryl methyl sites for hydroxylation is 2. The highest BCUT2D eigenvalue weighted by molar-refractivity contribution is 5.83. The standard InChI is InChI=1S/C20H23F/c1-14-4-8-19-13-16(6-10-18(19)11-14)5-9-17-7-3-15(2)12-20(17)21/h4,6,8,10-11,13,15H,3,5,7,9,12H2,1-2H3. The lowest BCUT2D eigenvalue weighted by molar-refractivity contribution is 0.415. The van der Waals surface area contributed by atoms with Crippen LogP contribution in [-0.4, -0.2) is 0 Å². The molecule has 0 aromatic heterocycles. The molecule has 1 unspecified atom stereocenters. The maximum absolute atomic E-state index is 14.0. The van der Waals surface area contributed by atoms with Gasteiger partial charge in [-0.2, -0.15) is 0 Å². The maximum atomic E-state index is 14.0. The minimum Gasteiger partial charge on any atom is -0.212 e. The van der Waals surface area contributed by atoms with Crippen molar-refractivity contribution >= 4 is 10.8 Å². The topological polar surface area (TPSA) is 0 Å². The van der Waals surface area contributed by atoms with Crippen LogP contribution in [0.2, 0.25) is 0 Å². The highest BCUT2D eigenvalue weighted by Gasteiger charge is 2.17. The lowest BCUT2D eigenvalue weighted by Gasteiger charge is -2.20. The molecule has 0 radical (unpaired) electrons. The van der Waals surface area contributed by atoms with Crippen molar-refractivity contribution in [3.63, 3.8) is 0 Å². The predicted molar refractivity (Wildman–Crippen MR) is 88.2 cm³/mol. The fourth-order valence-corrected chi connectivity index (χ4v) is 3.23. The van der Waals surface area contributed by atoms with Crippen molar-refractivity contribution in [2.24, 2.45) is 5.92 Å². The first-order valence-electron chi connectivity index (χ1n) is 7.97. The molecule has 21 heavy (non-hydrogen) atoms. The molecule has 1 aliphatic carbocycles. The Labute approximate surface area is 126 Å². The van der Waals surface area contributed by atoms with Crippen molar-refractivity contribution in [1.82, 2.24) is 0 Å². The van der Waals surface area contributed by atoms with Crippen LogP contribution in [0.5, 0.6) is 0 Å². The first-order valence-corrected chi connectivity index (χ1v) is 7.97. The van der Waals surface area contributed by atoms with Gasteiger partial charge in [-0.15, -0.1) is 0 Å². The van der Waals surface area contributed by atoms with E-state index in [1.54, 1.807) is 0 Å². The summed E-state index contributed by atoms with van der Waals surface area (Å²) >= 11 is 0. The molecule has 0 aliphatic heterocycles. The molecule has 2 aromatic rings. The van der Waals surface area contributed by atoms with Gasteiger partial charge in [0.2, 0.25) is 0 Å². The average molecular weight is 282 g/mol. The van der Waals surface area contributed by atoms with Gasteiger partial charge in [-0.3, -0.25) is 0 Å². The number of rotatable bonds is 3. The second-order valence-corrected chi connectivity index (χ2v) is 6.54. The molecule has 0 fully saturated rings. The Morgan fingerprint density at radius 1 is 1.05 bits per heavy atom. The van der Waals surface area contributed by atoms with Gasteiger partial charge in [-0.05, 0) is 60.4 Å². The van der Waals surface area contributed by atoms with Gasteiger partial charge in [0.25, 0.3) is 0 Å². The lowest BCUT2D eigenvalue weighted by atomic mass is 9.87. The predicted octanol–water partition coefficient (Wildman–Crippen LogP) is 6.12. The molecule has 110 valence electrons. The summed E-state index contributed by atoms with van der Waals surface area (Å²) in [6, 6.07) is 13.2. The molecule has 1 atom stereocenters. The summed E-state index contributed by atoms with van der Waals surface area (Å²) in [4.78, 5) is 0. The van der Waals surface area contributed by atoms with Crippen molar-refractivity contribution in [2.75, 3.05) is 0 Å². The third-order valence-electron chi connectivity index (χ3n) is 4.63. The van der Waals surface area contributed by atoms with Crippen LogP contribution in [0.3, 0.4) is 0 Å². The molecule has 0 heterocycles. The summed E-state index contributed by atoms with van der Waals surface area (Å²) in [6.45, 7) is 4.26. The summed E-state index contributed by atoms with van der Waals surface area (Å²) in [7, 11) is 0. The van der Waals surface area contributed by atoms with E-state index in [1.807, 2.05) is 0 Å². The van der Waals surface area contributed by atoms with Crippen LogP contribution in [0.25, 0.3) is 10.8 Å². The summed E-state index contributed by atoms with van der Waals surface area (Å²) in [6.07, 6.45) is 4.54. The van der Waals surface area contributed by atoms with Crippen LogP contribution < -0.4 is 0 Å². The largest absolute Gasteiger partial charge is 0.212 e. The summed E-state index contributed by atoms with van der Waals surface area (Å²) < 4.78 is 14.0. The van der Waals surface area contributed by atoms with E-state index in [1.165, 1.54) is 21.9 Å². The van der Waals surface area contributed by atoms with E-state index in [2.05, 4.69) is 50.2 Å². The van der Waals surface area contributed by atoms with E-state index >= 15 is 0 Å². The number of allylic oxidation sites excluding steroid dienone is 2. The third-order valence-corrected chi connectivity index (χ3v) is 4.63. The molecular weight excluding hydrogens is 259 g/mol. The van der Waals surface area contributed by atoms with E-state index in [-0.39, 0.29) is 5.83 Å². The molecule has 0 saturated heterocycles. The fourth-order valence-electron chi connectivity index (χ4n) is 3.23. The second-order valence-electron chi connectivity index (χ2n) is 6.54. The molecule has 0 amide bonds. The van der Waals surface area contributed by atoms with Gasteiger partial charge in [-0.25, -0.2) is 4.39 Å². The van der Waals surface area contributed by atoms with Crippen molar-refractivity contribution in [3.05, 3.63) is 58.9 Å². The van der Waals surface area contributed by atoms with Gasteiger partial charge in [0.15, 0.2) is 0 Å². The summed E-state index contributed by atoms with van der Waals surface area (Å²) in [5, 5.41) is 2.57.